The highest BCUT2D eigenvalue weighted by atomic mass is 16.2. The number of rotatable bonds is 5. The van der Waals surface area contributed by atoms with Gasteiger partial charge in [-0.15, -0.1) is 5.10 Å². The third-order valence-electron chi connectivity index (χ3n) is 5.56. The van der Waals surface area contributed by atoms with E-state index < -0.39 is 0 Å². The van der Waals surface area contributed by atoms with Crippen molar-refractivity contribution in [2.24, 2.45) is 5.92 Å². The van der Waals surface area contributed by atoms with Crippen LogP contribution >= 0.6 is 0 Å². The van der Waals surface area contributed by atoms with Gasteiger partial charge in [-0.1, -0.05) is 24.6 Å². The summed E-state index contributed by atoms with van der Waals surface area (Å²) in [5.74, 6) is 0.659. The summed E-state index contributed by atoms with van der Waals surface area (Å²) < 4.78 is 0. The first-order chi connectivity index (χ1) is 12.8. The average Bonchev–Trinajstić information content (AvgIpc) is 3.01. The van der Waals surface area contributed by atoms with Crippen LogP contribution in [0.5, 0.6) is 0 Å². The van der Waals surface area contributed by atoms with E-state index in [0.717, 1.165) is 30.3 Å². The van der Waals surface area contributed by atoms with Crippen LogP contribution in [0.4, 0.5) is 0 Å². The first kappa shape index (κ1) is 19.5. The number of nitrogens with zero attached hydrogens (tertiary/aromatic N) is 4. The molecule has 0 aliphatic carbocycles. The molecule has 146 valence electrons. The number of amides is 1. The molecule has 1 aromatic carbocycles. The Morgan fingerprint density at radius 1 is 1.22 bits per heavy atom. The summed E-state index contributed by atoms with van der Waals surface area (Å²) >= 11 is 0. The summed E-state index contributed by atoms with van der Waals surface area (Å²) in [6.45, 7) is 13.3. The first-order valence-corrected chi connectivity index (χ1v) is 9.89. The number of carbonyl (C=O) groups is 1. The third kappa shape index (κ3) is 4.56. The van der Waals surface area contributed by atoms with Crippen LogP contribution in [-0.4, -0.2) is 51.5 Å². The Kier molecular flexibility index (Phi) is 5.95. The standard InChI is InChI=1S/C21H31N5O/c1-14-8-10-25(11-9-14)17(4)13-22-21(27)20-18(5)23-26(24-20)19-7-6-15(2)12-16(19)3/h6-7,12,14,17H,8-11,13H2,1-5H3,(H,22,27). The highest BCUT2D eigenvalue weighted by Gasteiger charge is 2.22. The van der Waals surface area contributed by atoms with Crippen LogP contribution in [0.2, 0.25) is 0 Å². The summed E-state index contributed by atoms with van der Waals surface area (Å²) in [7, 11) is 0. The predicted octanol–water partition coefficient (Wildman–Crippen LogP) is 3.04. The van der Waals surface area contributed by atoms with Crippen molar-refractivity contribution in [1.82, 2.24) is 25.2 Å². The second kappa shape index (κ2) is 8.21. The van der Waals surface area contributed by atoms with Gasteiger partial charge >= 0.3 is 0 Å². The van der Waals surface area contributed by atoms with Crippen molar-refractivity contribution in [2.75, 3.05) is 19.6 Å². The molecule has 0 saturated carbocycles. The van der Waals surface area contributed by atoms with E-state index in [4.69, 9.17) is 0 Å². The third-order valence-corrected chi connectivity index (χ3v) is 5.56. The highest BCUT2D eigenvalue weighted by Crippen LogP contribution is 2.18. The summed E-state index contributed by atoms with van der Waals surface area (Å²) in [4.78, 5) is 16.7. The minimum Gasteiger partial charge on any atom is -0.349 e. The van der Waals surface area contributed by atoms with Gasteiger partial charge in [0.25, 0.3) is 5.91 Å². The Labute approximate surface area is 161 Å². The van der Waals surface area contributed by atoms with E-state index in [-0.39, 0.29) is 5.91 Å². The van der Waals surface area contributed by atoms with Gasteiger partial charge in [-0.25, -0.2) is 0 Å². The van der Waals surface area contributed by atoms with Crippen molar-refractivity contribution in [3.63, 3.8) is 0 Å². The summed E-state index contributed by atoms with van der Waals surface area (Å²) in [5, 5.41) is 11.9. The molecule has 1 aromatic heterocycles. The SMILES string of the molecule is Cc1ccc(-n2nc(C)c(C(=O)NCC(C)N3CCC(C)CC3)n2)c(C)c1. The fraction of sp³-hybridized carbons (Fsp3) is 0.571. The van der Waals surface area contributed by atoms with E-state index >= 15 is 0 Å². The molecule has 2 aromatic rings. The molecule has 1 fully saturated rings. The maximum absolute atomic E-state index is 12.6. The largest absolute Gasteiger partial charge is 0.349 e. The molecule has 0 bridgehead atoms. The van der Waals surface area contributed by atoms with Crippen LogP contribution in [0, 0.1) is 26.7 Å². The Morgan fingerprint density at radius 2 is 1.93 bits per heavy atom. The summed E-state index contributed by atoms with van der Waals surface area (Å²) in [5.41, 5.74) is 4.23. The fourth-order valence-corrected chi connectivity index (χ4v) is 3.65. The van der Waals surface area contributed by atoms with Crippen molar-refractivity contribution < 1.29 is 4.79 Å². The van der Waals surface area contributed by atoms with Crippen molar-refractivity contribution in [2.45, 2.75) is 53.5 Å². The van der Waals surface area contributed by atoms with Crippen molar-refractivity contribution in [3.8, 4) is 5.69 Å². The molecule has 1 N–H and O–H groups in total. The zero-order valence-corrected chi connectivity index (χ0v) is 17.1. The zero-order chi connectivity index (χ0) is 19.6. The molecule has 6 heteroatoms. The number of aryl methyl sites for hydroxylation is 3. The molecule has 1 saturated heterocycles. The quantitative estimate of drug-likeness (QED) is 0.880. The van der Waals surface area contributed by atoms with E-state index in [1.165, 1.54) is 18.4 Å². The van der Waals surface area contributed by atoms with Gasteiger partial charge in [-0.05, 0) is 71.2 Å². The van der Waals surface area contributed by atoms with Gasteiger partial charge < -0.3 is 5.32 Å². The van der Waals surface area contributed by atoms with Gasteiger partial charge in [0.05, 0.1) is 11.4 Å². The van der Waals surface area contributed by atoms with E-state index in [0.29, 0.717) is 24.0 Å². The smallest absolute Gasteiger partial charge is 0.273 e. The molecule has 2 heterocycles. The Balaban J connectivity index is 1.64. The van der Waals surface area contributed by atoms with E-state index in [1.807, 2.05) is 26.0 Å². The molecule has 1 unspecified atom stereocenters. The van der Waals surface area contributed by atoms with Gasteiger partial charge in [-0.2, -0.15) is 9.90 Å². The molecular formula is C21H31N5O. The van der Waals surface area contributed by atoms with Crippen LogP contribution in [-0.2, 0) is 0 Å². The van der Waals surface area contributed by atoms with Crippen LogP contribution in [0.25, 0.3) is 5.69 Å². The molecule has 27 heavy (non-hydrogen) atoms. The molecule has 0 radical (unpaired) electrons. The lowest BCUT2D eigenvalue weighted by Gasteiger charge is -2.34. The number of hydrogen-bond acceptors (Lipinski definition) is 4. The molecule has 3 rings (SSSR count). The normalized spacial score (nSPS) is 17.1. The van der Waals surface area contributed by atoms with Crippen LogP contribution < -0.4 is 5.32 Å². The molecule has 0 spiro atoms. The topological polar surface area (TPSA) is 63.1 Å². The Hall–Kier alpha value is -2.21. The highest BCUT2D eigenvalue weighted by molar-refractivity contribution is 5.93. The van der Waals surface area contributed by atoms with Crippen LogP contribution in [0.1, 0.15) is 54.0 Å². The van der Waals surface area contributed by atoms with E-state index in [9.17, 15) is 4.79 Å². The summed E-state index contributed by atoms with van der Waals surface area (Å²) in [6.07, 6.45) is 2.48. The second-order valence-corrected chi connectivity index (χ2v) is 7.99. The maximum Gasteiger partial charge on any atom is 0.273 e. The van der Waals surface area contributed by atoms with Gasteiger partial charge in [0.15, 0.2) is 5.69 Å². The fourth-order valence-electron chi connectivity index (χ4n) is 3.65. The number of benzene rings is 1. The van der Waals surface area contributed by atoms with Gasteiger partial charge in [0, 0.05) is 12.6 Å². The van der Waals surface area contributed by atoms with Gasteiger partial charge in [-0.3, -0.25) is 9.69 Å². The molecule has 1 atom stereocenters. The molecule has 6 nitrogen and oxygen atoms in total. The lowest BCUT2D eigenvalue weighted by Crippen LogP contribution is -2.45. The average molecular weight is 370 g/mol. The van der Waals surface area contributed by atoms with Crippen molar-refractivity contribution in [1.29, 1.82) is 0 Å². The monoisotopic (exact) mass is 369 g/mol. The van der Waals surface area contributed by atoms with Crippen LogP contribution in [0.15, 0.2) is 18.2 Å². The lowest BCUT2D eigenvalue weighted by atomic mass is 9.98. The molecular weight excluding hydrogens is 338 g/mol. The number of piperidine rings is 1. The van der Waals surface area contributed by atoms with Crippen LogP contribution in [0.3, 0.4) is 0 Å². The number of nitrogens with one attached hydrogen (secondary N) is 1. The van der Waals surface area contributed by atoms with Crippen molar-refractivity contribution in [3.05, 3.63) is 40.7 Å². The number of aromatic nitrogens is 3. The minimum atomic E-state index is -0.152. The Morgan fingerprint density at radius 3 is 2.59 bits per heavy atom. The molecule has 1 aliphatic rings. The van der Waals surface area contributed by atoms with E-state index in [2.05, 4.69) is 47.3 Å². The minimum absolute atomic E-state index is 0.152. The number of hydrogen-bond donors (Lipinski definition) is 1. The number of likely N-dealkylation sites (tertiary alicyclic amines) is 1. The molecule has 1 amide bonds. The lowest BCUT2D eigenvalue weighted by molar-refractivity contribution is 0.0916. The summed E-state index contributed by atoms with van der Waals surface area (Å²) in [6, 6.07) is 6.44. The number of carbonyl (C=O) groups excluding carboxylic acids is 1. The van der Waals surface area contributed by atoms with Gasteiger partial charge in [0.2, 0.25) is 0 Å². The molecule has 1 aliphatic heterocycles. The second-order valence-electron chi connectivity index (χ2n) is 7.99. The Bertz CT molecular complexity index is 805. The maximum atomic E-state index is 12.6. The predicted molar refractivity (Wildman–Crippen MR) is 107 cm³/mol. The van der Waals surface area contributed by atoms with Crippen molar-refractivity contribution >= 4 is 5.91 Å². The zero-order valence-electron chi connectivity index (χ0n) is 17.1. The first-order valence-electron chi connectivity index (χ1n) is 9.89. The van der Waals surface area contributed by atoms with E-state index in [1.54, 1.807) is 4.80 Å². The van der Waals surface area contributed by atoms with Gasteiger partial charge in [0.1, 0.15) is 0 Å².